The Morgan fingerprint density at radius 1 is 0.895 bits per heavy atom. The first-order valence-corrected chi connectivity index (χ1v) is 6.34. The van der Waals surface area contributed by atoms with E-state index in [-0.39, 0.29) is 0 Å². The maximum Gasteiger partial charge on any atom is 0.293 e. The molecule has 0 heterocycles. The number of carbonyl (C=O) groups is 1. The van der Waals surface area contributed by atoms with Crippen LogP contribution >= 0.6 is 0 Å². The van der Waals surface area contributed by atoms with Crippen LogP contribution in [0.3, 0.4) is 0 Å². The van der Waals surface area contributed by atoms with E-state index >= 15 is 0 Å². The minimum atomic E-state index is 0.426. The fourth-order valence-corrected chi connectivity index (χ4v) is 2.47. The first-order chi connectivity index (χ1) is 9.38. The predicted octanol–water partition coefficient (Wildman–Crippen LogP) is 3.71. The molecule has 0 saturated heterocycles. The zero-order valence-corrected chi connectivity index (χ0v) is 10.5. The van der Waals surface area contributed by atoms with Crippen molar-refractivity contribution in [2.24, 2.45) is 0 Å². The van der Waals surface area contributed by atoms with Gasteiger partial charge in [-0.05, 0) is 39.2 Å². The fourth-order valence-electron chi connectivity index (χ4n) is 2.47. The van der Waals surface area contributed by atoms with Crippen LogP contribution in [0.5, 0.6) is 0 Å². The third kappa shape index (κ3) is 2.29. The summed E-state index contributed by atoms with van der Waals surface area (Å²) in [7, 11) is 0. The van der Waals surface area contributed by atoms with Crippen molar-refractivity contribution in [1.82, 2.24) is 0 Å². The SMILES string of the molecule is O=COCCc1cccc2cc3ccccc3cc12. The highest BCUT2D eigenvalue weighted by atomic mass is 16.5. The summed E-state index contributed by atoms with van der Waals surface area (Å²) in [6.07, 6.45) is 0.744. The van der Waals surface area contributed by atoms with Crippen LogP contribution in [-0.2, 0) is 16.0 Å². The van der Waals surface area contributed by atoms with Gasteiger partial charge in [-0.25, -0.2) is 0 Å². The molecule has 0 bridgehead atoms. The van der Waals surface area contributed by atoms with Gasteiger partial charge in [0.15, 0.2) is 0 Å². The number of carbonyl (C=O) groups excluding carboxylic acids is 1. The van der Waals surface area contributed by atoms with Gasteiger partial charge in [0.25, 0.3) is 6.47 Å². The summed E-state index contributed by atoms with van der Waals surface area (Å²) >= 11 is 0. The minimum absolute atomic E-state index is 0.426. The third-order valence-electron chi connectivity index (χ3n) is 3.39. The lowest BCUT2D eigenvalue weighted by Crippen LogP contribution is -1.97. The van der Waals surface area contributed by atoms with Crippen LogP contribution in [0.4, 0.5) is 0 Å². The minimum Gasteiger partial charge on any atom is -0.468 e. The first kappa shape index (κ1) is 11.7. The number of benzene rings is 3. The molecule has 0 aliphatic carbocycles. The second-order valence-electron chi connectivity index (χ2n) is 4.55. The predicted molar refractivity (Wildman–Crippen MR) is 77.2 cm³/mol. The van der Waals surface area contributed by atoms with Crippen molar-refractivity contribution in [3.8, 4) is 0 Å². The average molecular weight is 250 g/mol. The van der Waals surface area contributed by atoms with E-state index in [2.05, 4.69) is 42.5 Å². The number of rotatable bonds is 4. The standard InChI is InChI=1S/C17H14O2/c18-12-19-9-8-13-6-3-7-16-10-14-4-1-2-5-15(14)11-17(13)16/h1-7,10-12H,8-9H2. The van der Waals surface area contributed by atoms with Gasteiger partial charge in [0, 0.05) is 6.42 Å². The molecule has 0 radical (unpaired) electrons. The van der Waals surface area contributed by atoms with E-state index in [0.717, 1.165) is 6.42 Å². The van der Waals surface area contributed by atoms with Gasteiger partial charge >= 0.3 is 0 Å². The van der Waals surface area contributed by atoms with Gasteiger partial charge in [-0.3, -0.25) is 4.79 Å². The Bertz CT molecular complexity index is 731. The smallest absolute Gasteiger partial charge is 0.293 e. The zero-order valence-electron chi connectivity index (χ0n) is 10.5. The van der Waals surface area contributed by atoms with Gasteiger partial charge in [0.05, 0.1) is 6.61 Å². The summed E-state index contributed by atoms with van der Waals surface area (Å²) in [5.74, 6) is 0. The van der Waals surface area contributed by atoms with Gasteiger partial charge in [-0.1, -0.05) is 42.5 Å². The van der Waals surface area contributed by atoms with Crippen LogP contribution in [0.15, 0.2) is 54.6 Å². The van der Waals surface area contributed by atoms with Crippen LogP contribution in [0.1, 0.15) is 5.56 Å². The maximum atomic E-state index is 10.2. The first-order valence-electron chi connectivity index (χ1n) is 6.34. The van der Waals surface area contributed by atoms with E-state index in [1.807, 2.05) is 12.1 Å². The highest BCUT2D eigenvalue weighted by molar-refractivity contribution is 5.99. The lowest BCUT2D eigenvalue weighted by Gasteiger charge is -2.08. The second kappa shape index (κ2) is 5.11. The van der Waals surface area contributed by atoms with Crippen molar-refractivity contribution in [3.63, 3.8) is 0 Å². The molecule has 0 aliphatic heterocycles. The monoisotopic (exact) mass is 250 g/mol. The zero-order chi connectivity index (χ0) is 13.1. The van der Waals surface area contributed by atoms with Crippen LogP contribution < -0.4 is 0 Å². The molecule has 3 rings (SSSR count). The van der Waals surface area contributed by atoms with Crippen LogP contribution in [0.2, 0.25) is 0 Å². The van der Waals surface area contributed by atoms with Gasteiger partial charge in [-0.15, -0.1) is 0 Å². The molecule has 0 saturated carbocycles. The topological polar surface area (TPSA) is 26.3 Å². The molecule has 0 fully saturated rings. The van der Waals surface area contributed by atoms with Crippen molar-refractivity contribution >= 4 is 28.0 Å². The third-order valence-corrected chi connectivity index (χ3v) is 3.39. The van der Waals surface area contributed by atoms with Crippen molar-refractivity contribution in [2.45, 2.75) is 6.42 Å². The molecule has 0 spiro atoms. The Morgan fingerprint density at radius 3 is 2.42 bits per heavy atom. The molecule has 0 aliphatic rings. The summed E-state index contributed by atoms with van der Waals surface area (Å²) in [5, 5.41) is 4.94. The van der Waals surface area contributed by atoms with Crippen molar-refractivity contribution in [1.29, 1.82) is 0 Å². The van der Waals surface area contributed by atoms with E-state index in [9.17, 15) is 4.79 Å². The Labute approximate surface area is 111 Å². The maximum absolute atomic E-state index is 10.2. The summed E-state index contributed by atoms with van der Waals surface area (Å²) in [6.45, 7) is 0.927. The van der Waals surface area contributed by atoms with Gasteiger partial charge in [0.1, 0.15) is 0 Å². The summed E-state index contributed by atoms with van der Waals surface area (Å²) < 4.78 is 4.79. The van der Waals surface area contributed by atoms with Gasteiger partial charge in [-0.2, -0.15) is 0 Å². The number of fused-ring (bicyclic) bond motifs is 2. The molecular weight excluding hydrogens is 236 g/mol. The Morgan fingerprint density at radius 2 is 1.63 bits per heavy atom. The molecule has 3 aromatic rings. The van der Waals surface area contributed by atoms with Gasteiger partial charge in [0.2, 0.25) is 0 Å². The Hall–Kier alpha value is -2.35. The Kier molecular flexibility index (Phi) is 3.15. The lowest BCUT2D eigenvalue weighted by molar-refractivity contribution is -0.128. The molecule has 0 aromatic heterocycles. The number of hydrogen-bond acceptors (Lipinski definition) is 2. The van der Waals surface area contributed by atoms with Crippen LogP contribution in [-0.4, -0.2) is 13.1 Å². The van der Waals surface area contributed by atoms with E-state index in [1.54, 1.807) is 0 Å². The molecule has 0 unspecified atom stereocenters. The molecule has 3 aromatic carbocycles. The Balaban J connectivity index is 2.12. The highest BCUT2D eigenvalue weighted by Crippen LogP contribution is 2.25. The van der Waals surface area contributed by atoms with Crippen molar-refractivity contribution < 1.29 is 9.53 Å². The highest BCUT2D eigenvalue weighted by Gasteiger charge is 2.03. The molecule has 0 amide bonds. The quantitative estimate of drug-likeness (QED) is 0.401. The largest absolute Gasteiger partial charge is 0.468 e. The number of hydrogen-bond donors (Lipinski definition) is 0. The van der Waals surface area contributed by atoms with Crippen LogP contribution in [0, 0.1) is 0 Å². The van der Waals surface area contributed by atoms with Crippen molar-refractivity contribution in [3.05, 3.63) is 60.2 Å². The van der Waals surface area contributed by atoms with E-state index in [4.69, 9.17) is 4.74 Å². The van der Waals surface area contributed by atoms with Gasteiger partial charge < -0.3 is 4.74 Å². The molecule has 2 heteroatoms. The molecule has 2 nitrogen and oxygen atoms in total. The normalized spacial score (nSPS) is 10.7. The van der Waals surface area contributed by atoms with Crippen LogP contribution in [0.25, 0.3) is 21.5 Å². The number of ether oxygens (including phenoxy) is 1. The molecule has 94 valence electrons. The lowest BCUT2D eigenvalue weighted by atomic mass is 9.98. The summed E-state index contributed by atoms with van der Waals surface area (Å²) in [4.78, 5) is 10.2. The molecular formula is C17H14O2. The van der Waals surface area contributed by atoms with E-state index in [0.29, 0.717) is 13.1 Å². The molecule has 0 atom stereocenters. The second-order valence-corrected chi connectivity index (χ2v) is 4.55. The summed E-state index contributed by atoms with van der Waals surface area (Å²) in [5.41, 5.74) is 1.21. The van der Waals surface area contributed by atoms with Crippen molar-refractivity contribution in [2.75, 3.05) is 6.61 Å². The van der Waals surface area contributed by atoms with E-state index in [1.165, 1.54) is 27.1 Å². The molecule has 0 N–H and O–H groups in total. The average Bonchev–Trinajstić information content (AvgIpc) is 2.46. The summed E-state index contributed by atoms with van der Waals surface area (Å²) in [6, 6.07) is 19.0. The van der Waals surface area contributed by atoms with E-state index < -0.39 is 0 Å². The molecule has 19 heavy (non-hydrogen) atoms. The fraction of sp³-hybridized carbons (Fsp3) is 0.118.